The molecule has 1 amide bonds. The topological polar surface area (TPSA) is 20.3 Å². The van der Waals surface area contributed by atoms with E-state index in [-0.39, 0.29) is 5.91 Å². The molecule has 2 aromatic rings. The van der Waals surface area contributed by atoms with Crippen LogP contribution >= 0.6 is 11.3 Å². The van der Waals surface area contributed by atoms with Crippen molar-refractivity contribution in [3.05, 3.63) is 57.8 Å². The van der Waals surface area contributed by atoms with Crippen LogP contribution in [0.5, 0.6) is 0 Å². The van der Waals surface area contributed by atoms with Crippen molar-refractivity contribution in [1.82, 2.24) is 4.90 Å². The van der Waals surface area contributed by atoms with Gasteiger partial charge in [-0.25, -0.2) is 0 Å². The molecule has 2 nitrogen and oxygen atoms in total. The fraction of sp³-hybridized carbons (Fsp3) is 0.312. The van der Waals surface area contributed by atoms with Crippen molar-refractivity contribution in [2.45, 2.75) is 19.3 Å². The van der Waals surface area contributed by atoms with Gasteiger partial charge in [-0.3, -0.25) is 4.79 Å². The first kappa shape index (κ1) is 12.4. The Balaban J connectivity index is 1.73. The van der Waals surface area contributed by atoms with Crippen molar-refractivity contribution < 1.29 is 4.79 Å². The number of amides is 1. The predicted octanol–water partition coefficient (Wildman–Crippen LogP) is 3.69. The number of aryl methyl sites for hydroxylation is 1. The Labute approximate surface area is 117 Å². The van der Waals surface area contributed by atoms with Crippen molar-refractivity contribution in [3.63, 3.8) is 0 Å². The Morgan fingerprint density at radius 3 is 3.00 bits per heavy atom. The molecule has 0 radical (unpaired) electrons. The summed E-state index contributed by atoms with van der Waals surface area (Å²) >= 11 is 1.73. The van der Waals surface area contributed by atoms with Crippen molar-refractivity contribution in [1.29, 1.82) is 0 Å². The van der Waals surface area contributed by atoms with Gasteiger partial charge < -0.3 is 4.90 Å². The molecule has 0 N–H and O–H groups in total. The molecule has 0 aliphatic carbocycles. The molecule has 1 fully saturated rings. The van der Waals surface area contributed by atoms with E-state index in [1.807, 2.05) is 36.1 Å². The number of likely N-dealkylation sites (tertiary alicyclic amines) is 1. The van der Waals surface area contributed by atoms with Crippen LogP contribution in [0.3, 0.4) is 0 Å². The second-order valence-electron chi connectivity index (χ2n) is 5.16. The maximum atomic E-state index is 12.4. The van der Waals surface area contributed by atoms with Gasteiger partial charge in [0.15, 0.2) is 0 Å². The van der Waals surface area contributed by atoms with Crippen LogP contribution in [-0.4, -0.2) is 23.9 Å². The highest BCUT2D eigenvalue weighted by atomic mass is 32.1. The lowest BCUT2D eigenvalue weighted by Crippen LogP contribution is -2.28. The van der Waals surface area contributed by atoms with E-state index < -0.39 is 0 Å². The SMILES string of the molecule is Cc1cccc(C(=O)N2CCC(c3ccsc3)C2)c1. The van der Waals surface area contributed by atoms with Gasteiger partial charge in [-0.15, -0.1) is 0 Å². The molecule has 19 heavy (non-hydrogen) atoms. The average Bonchev–Trinajstić information content (AvgIpc) is 3.08. The van der Waals surface area contributed by atoms with E-state index in [1.165, 1.54) is 5.56 Å². The van der Waals surface area contributed by atoms with Gasteiger partial charge in [0.25, 0.3) is 5.91 Å². The summed E-state index contributed by atoms with van der Waals surface area (Å²) in [5.41, 5.74) is 3.33. The highest BCUT2D eigenvalue weighted by Gasteiger charge is 2.28. The molecule has 2 heterocycles. The van der Waals surface area contributed by atoms with Gasteiger partial charge in [0.05, 0.1) is 0 Å². The third-order valence-corrected chi connectivity index (χ3v) is 4.46. The molecule has 1 saturated heterocycles. The van der Waals surface area contributed by atoms with Gasteiger partial charge in [-0.1, -0.05) is 17.7 Å². The van der Waals surface area contributed by atoms with Crippen LogP contribution in [-0.2, 0) is 0 Å². The number of carbonyl (C=O) groups excluding carboxylic acids is 1. The van der Waals surface area contributed by atoms with E-state index >= 15 is 0 Å². The number of carbonyl (C=O) groups is 1. The quantitative estimate of drug-likeness (QED) is 0.816. The molecule has 0 bridgehead atoms. The normalized spacial score (nSPS) is 18.8. The summed E-state index contributed by atoms with van der Waals surface area (Å²) in [6.07, 6.45) is 1.08. The number of hydrogen-bond donors (Lipinski definition) is 0. The molecule has 3 rings (SSSR count). The summed E-state index contributed by atoms with van der Waals surface area (Å²) in [6, 6.07) is 10.0. The predicted molar refractivity (Wildman–Crippen MR) is 78.8 cm³/mol. The number of benzene rings is 1. The molecule has 1 atom stereocenters. The van der Waals surface area contributed by atoms with E-state index in [0.717, 1.165) is 30.6 Å². The van der Waals surface area contributed by atoms with Crippen molar-refractivity contribution in [2.75, 3.05) is 13.1 Å². The Hall–Kier alpha value is -1.61. The van der Waals surface area contributed by atoms with Crippen molar-refractivity contribution >= 4 is 17.2 Å². The van der Waals surface area contributed by atoms with E-state index in [1.54, 1.807) is 11.3 Å². The van der Waals surface area contributed by atoms with Gasteiger partial charge in [0, 0.05) is 24.6 Å². The first-order valence-corrected chi connectivity index (χ1v) is 7.56. The summed E-state index contributed by atoms with van der Waals surface area (Å²) in [6.45, 7) is 3.74. The van der Waals surface area contributed by atoms with E-state index in [9.17, 15) is 4.79 Å². The van der Waals surface area contributed by atoms with Gasteiger partial charge in [0.2, 0.25) is 0 Å². The molecule has 1 aliphatic heterocycles. The minimum atomic E-state index is 0.168. The zero-order valence-corrected chi connectivity index (χ0v) is 11.8. The smallest absolute Gasteiger partial charge is 0.253 e. The second kappa shape index (κ2) is 5.17. The van der Waals surface area contributed by atoms with Crippen molar-refractivity contribution in [3.8, 4) is 0 Å². The number of hydrogen-bond acceptors (Lipinski definition) is 2. The fourth-order valence-electron chi connectivity index (χ4n) is 2.68. The Bertz CT molecular complexity index is 576. The monoisotopic (exact) mass is 271 g/mol. The first-order valence-electron chi connectivity index (χ1n) is 6.62. The molecule has 1 aromatic heterocycles. The van der Waals surface area contributed by atoms with Crippen LogP contribution in [0.15, 0.2) is 41.1 Å². The van der Waals surface area contributed by atoms with Crippen LogP contribution in [0.25, 0.3) is 0 Å². The van der Waals surface area contributed by atoms with E-state index in [0.29, 0.717) is 5.92 Å². The number of nitrogens with zero attached hydrogens (tertiary/aromatic N) is 1. The second-order valence-corrected chi connectivity index (χ2v) is 5.94. The third kappa shape index (κ3) is 2.56. The largest absolute Gasteiger partial charge is 0.338 e. The summed E-state index contributed by atoms with van der Waals surface area (Å²) in [5.74, 6) is 0.682. The molecule has 1 aromatic carbocycles. The summed E-state index contributed by atoms with van der Waals surface area (Å²) in [5, 5.41) is 4.31. The summed E-state index contributed by atoms with van der Waals surface area (Å²) in [4.78, 5) is 14.4. The lowest BCUT2D eigenvalue weighted by atomic mass is 10.0. The highest BCUT2D eigenvalue weighted by molar-refractivity contribution is 7.07. The minimum absolute atomic E-state index is 0.168. The zero-order chi connectivity index (χ0) is 13.2. The maximum Gasteiger partial charge on any atom is 0.253 e. The van der Waals surface area contributed by atoms with E-state index in [4.69, 9.17) is 0 Å². The summed E-state index contributed by atoms with van der Waals surface area (Å²) < 4.78 is 0. The number of thiophene rings is 1. The molecular weight excluding hydrogens is 254 g/mol. The highest BCUT2D eigenvalue weighted by Crippen LogP contribution is 2.29. The Morgan fingerprint density at radius 2 is 2.26 bits per heavy atom. The Morgan fingerprint density at radius 1 is 1.37 bits per heavy atom. The Kier molecular flexibility index (Phi) is 3.38. The lowest BCUT2D eigenvalue weighted by molar-refractivity contribution is 0.0790. The van der Waals surface area contributed by atoms with E-state index in [2.05, 4.69) is 16.8 Å². The third-order valence-electron chi connectivity index (χ3n) is 3.76. The molecule has 0 spiro atoms. The zero-order valence-electron chi connectivity index (χ0n) is 11.0. The van der Waals surface area contributed by atoms with Crippen LogP contribution < -0.4 is 0 Å². The van der Waals surface area contributed by atoms with Gasteiger partial charge in [-0.2, -0.15) is 11.3 Å². The molecule has 1 unspecified atom stereocenters. The van der Waals surface area contributed by atoms with Crippen LogP contribution in [0, 0.1) is 6.92 Å². The van der Waals surface area contributed by atoms with Crippen LogP contribution in [0.2, 0.25) is 0 Å². The van der Waals surface area contributed by atoms with Crippen molar-refractivity contribution in [2.24, 2.45) is 0 Å². The van der Waals surface area contributed by atoms with Crippen LogP contribution in [0.1, 0.15) is 33.8 Å². The summed E-state index contributed by atoms with van der Waals surface area (Å²) in [7, 11) is 0. The fourth-order valence-corrected chi connectivity index (χ4v) is 3.43. The van der Waals surface area contributed by atoms with Gasteiger partial charge >= 0.3 is 0 Å². The van der Waals surface area contributed by atoms with Gasteiger partial charge in [0.1, 0.15) is 0 Å². The molecule has 3 heteroatoms. The standard InChI is InChI=1S/C16H17NOS/c1-12-3-2-4-13(9-12)16(18)17-7-5-14(10-17)15-6-8-19-11-15/h2-4,6,8-9,11,14H,5,7,10H2,1H3. The molecular formula is C16H17NOS. The lowest BCUT2D eigenvalue weighted by Gasteiger charge is -2.16. The molecule has 0 saturated carbocycles. The van der Waals surface area contributed by atoms with Crippen LogP contribution in [0.4, 0.5) is 0 Å². The van der Waals surface area contributed by atoms with Gasteiger partial charge in [-0.05, 0) is 47.9 Å². The molecule has 98 valence electrons. The maximum absolute atomic E-state index is 12.4. The minimum Gasteiger partial charge on any atom is -0.338 e. The average molecular weight is 271 g/mol. The number of rotatable bonds is 2. The first-order chi connectivity index (χ1) is 9.24. The molecule has 1 aliphatic rings.